The summed E-state index contributed by atoms with van der Waals surface area (Å²) in [5.74, 6) is -0.0400. The molecule has 0 heterocycles. The Hall–Kier alpha value is -0.170. The fraction of sp³-hybridized carbons (Fsp3) is 1.00. The Balaban J connectivity index is 4.46. The molecule has 0 aliphatic rings. The predicted octanol–water partition coefficient (Wildman–Crippen LogP) is -0.335. The molecule has 0 saturated heterocycles. The van der Waals surface area contributed by atoms with Crippen molar-refractivity contribution >= 4 is 10.0 Å². The third kappa shape index (κ3) is 4.36. The quantitative estimate of drug-likeness (QED) is 0.644. The maximum absolute atomic E-state index is 11.7. The van der Waals surface area contributed by atoms with Crippen LogP contribution in [0.2, 0.25) is 0 Å². The number of ether oxygens (including phenoxy) is 1. The number of methoxy groups -OCH3 is 1. The van der Waals surface area contributed by atoms with Gasteiger partial charge in [-0.3, -0.25) is 0 Å². The summed E-state index contributed by atoms with van der Waals surface area (Å²) in [5, 5.41) is 8.74. The van der Waals surface area contributed by atoms with E-state index >= 15 is 0 Å². The first kappa shape index (κ1) is 13.8. The van der Waals surface area contributed by atoms with E-state index in [0.29, 0.717) is 0 Å². The molecule has 0 fully saturated rings. The van der Waals surface area contributed by atoms with Gasteiger partial charge < -0.3 is 9.84 Å². The van der Waals surface area contributed by atoms with Gasteiger partial charge >= 0.3 is 0 Å². The van der Waals surface area contributed by atoms with Crippen LogP contribution in [0.1, 0.15) is 13.8 Å². The molecular weight excluding hydrogens is 206 g/mol. The standard InChI is InChI=1S/C8H19NO4S/c1-8(2)9(4-5-10)14(11,12)7-6-13-3/h8,10H,4-7H2,1-3H3. The van der Waals surface area contributed by atoms with Crippen molar-refractivity contribution in [3.63, 3.8) is 0 Å². The van der Waals surface area contributed by atoms with E-state index in [0.717, 1.165) is 0 Å². The molecule has 0 unspecified atom stereocenters. The number of nitrogens with zero attached hydrogens (tertiary/aromatic N) is 1. The molecule has 0 rings (SSSR count). The second kappa shape index (κ2) is 6.34. The van der Waals surface area contributed by atoms with Crippen molar-refractivity contribution in [2.75, 3.05) is 32.6 Å². The van der Waals surface area contributed by atoms with E-state index in [1.807, 2.05) is 0 Å². The lowest BCUT2D eigenvalue weighted by Gasteiger charge is -2.24. The summed E-state index contributed by atoms with van der Waals surface area (Å²) < 4.78 is 29.3. The zero-order chi connectivity index (χ0) is 11.2. The highest BCUT2D eigenvalue weighted by Gasteiger charge is 2.23. The third-order valence-electron chi connectivity index (χ3n) is 1.80. The Morgan fingerprint density at radius 3 is 2.36 bits per heavy atom. The van der Waals surface area contributed by atoms with E-state index in [-0.39, 0.29) is 31.6 Å². The molecule has 0 radical (unpaired) electrons. The van der Waals surface area contributed by atoms with Gasteiger partial charge in [0.2, 0.25) is 10.0 Å². The highest BCUT2D eigenvalue weighted by molar-refractivity contribution is 7.89. The van der Waals surface area contributed by atoms with Crippen LogP contribution in [-0.2, 0) is 14.8 Å². The first-order chi connectivity index (χ1) is 6.45. The normalized spacial score (nSPS) is 12.7. The second-order valence-electron chi connectivity index (χ2n) is 3.24. The summed E-state index contributed by atoms with van der Waals surface area (Å²) in [6, 6.07) is -0.135. The zero-order valence-electron chi connectivity index (χ0n) is 8.93. The van der Waals surface area contributed by atoms with E-state index in [4.69, 9.17) is 9.84 Å². The molecule has 0 atom stereocenters. The first-order valence-corrected chi connectivity index (χ1v) is 6.16. The van der Waals surface area contributed by atoms with Crippen LogP contribution < -0.4 is 0 Å². The van der Waals surface area contributed by atoms with Gasteiger partial charge in [0.1, 0.15) is 0 Å². The molecule has 0 aliphatic heterocycles. The van der Waals surface area contributed by atoms with Gasteiger partial charge in [0.05, 0.1) is 19.0 Å². The lowest BCUT2D eigenvalue weighted by Crippen LogP contribution is -2.41. The molecule has 0 bridgehead atoms. The minimum absolute atomic E-state index is 0.0400. The van der Waals surface area contributed by atoms with Crippen molar-refractivity contribution in [3.8, 4) is 0 Å². The number of hydrogen-bond acceptors (Lipinski definition) is 4. The van der Waals surface area contributed by atoms with E-state index in [1.54, 1.807) is 13.8 Å². The van der Waals surface area contributed by atoms with Gasteiger partial charge in [-0.2, -0.15) is 4.31 Å². The van der Waals surface area contributed by atoms with Gasteiger partial charge in [-0.15, -0.1) is 0 Å². The fourth-order valence-corrected chi connectivity index (χ4v) is 2.74. The minimum Gasteiger partial charge on any atom is -0.395 e. The third-order valence-corrected chi connectivity index (χ3v) is 3.80. The van der Waals surface area contributed by atoms with Crippen LogP contribution in [0.5, 0.6) is 0 Å². The lowest BCUT2D eigenvalue weighted by atomic mass is 10.4. The molecular formula is C8H19NO4S. The molecule has 0 aliphatic carbocycles. The number of aliphatic hydroxyl groups is 1. The highest BCUT2D eigenvalue weighted by atomic mass is 32.2. The largest absolute Gasteiger partial charge is 0.395 e. The van der Waals surface area contributed by atoms with Crippen LogP contribution in [0.25, 0.3) is 0 Å². The summed E-state index contributed by atoms with van der Waals surface area (Å²) >= 11 is 0. The zero-order valence-corrected chi connectivity index (χ0v) is 9.75. The lowest BCUT2D eigenvalue weighted by molar-refractivity contribution is 0.210. The second-order valence-corrected chi connectivity index (χ2v) is 5.28. The van der Waals surface area contributed by atoms with Gasteiger partial charge in [0.15, 0.2) is 0 Å². The van der Waals surface area contributed by atoms with Gasteiger partial charge in [0, 0.05) is 19.7 Å². The van der Waals surface area contributed by atoms with Crippen LogP contribution in [0.4, 0.5) is 0 Å². The predicted molar refractivity (Wildman–Crippen MR) is 54.6 cm³/mol. The maximum Gasteiger partial charge on any atom is 0.216 e. The molecule has 0 aromatic carbocycles. The summed E-state index contributed by atoms with van der Waals surface area (Å²) in [7, 11) is -1.84. The summed E-state index contributed by atoms with van der Waals surface area (Å²) in [6.45, 7) is 3.71. The Bertz CT molecular complexity index is 238. The van der Waals surface area contributed by atoms with Crippen LogP contribution in [0, 0.1) is 0 Å². The van der Waals surface area contributed by atoms with Crippen molar-refractivity contribution < 1.29 is 18.3 Å². The molecule has 0 saturated carbocycles. The average Bonchev–Trinajstić information content (AvgIpc) is 2.10. The molecule has 86 valence electrons. The van der Waals surface area contributed by atoms with Gasteiger partial charge in [0.25, 0.3) is 0 Å². The van der Waals surface area contributed by atoms with E-state index in [9.17, 15) is 8.42 Å². The topological polar surface area (TPSA) is 66.8 Å². The Kier molecular flexibility index (Phi) is 6.26. The van der Waals surface area contributed by atoms with Crippen molar-refractivity contribution in [2.45, 2.75) is 19.9 Å². The number of aliphatic hydroxyl groups excluding tert-OH is 1. The molecule has 0 aromatic heterocycles. The maximum atomic E-state index is 11.7. The molecule has 14 heavy (non-hydrogen) atoms. The number of sulfonamides is 1. The number of hydrogen-bond donors (Lipinski definition) is 1. The van der Waals surface area contributed by atoms with Crippen LogP contribution >= 0.6 is 0 Å². The molecule has 1 N–H and O–H groups in total. The number of rotatable bonds is 7. The Morgan fingerprint density at radius 1 is 1.43 bits per heavy atom. The molecule has 5 nitrogen and oxygen atoms in total. The van der Waals surface area contributed by atoms with Crippen molar-refractivity contribution in [3.05, 3.63) is 0 Å². The van der Waals surface area contributed by atoms with Gasteiger partial charge in [-0.1, -0.05) is 0 Å². The molecule has 0 spiro atoms. The Labute approximate surface area is 85.7 Å². The summed E-state index contributed by atoms with van der Waals surface area (Å²) in [5.41, 5.74) is 0. The van der Waals surface area contributed by atoms with E-state index in [1.165, 1.54) is 11.4 Å². The van der Waals surface area contributed by atoms with Crippen molar-refractivity contribution in [1.29, 1.82) is 0 Å². The van der Waals surface area contributed by atoms with Crippen molar-refractivity contribution in [2.24, 2.45) is 0 Å². The van der Waals surface area contributed by atoms with Crippen LogP contribution in [0.15, 0.2) is 0 Å². The Morgan fingerprint density at radius 2 is 2.00 bits per heavy atom. The van der Waals surface area contributed by atoms with Crippen LogP contribution in [0.3, 0.4) is 0 Å². The SMILES string of the molecule is COCCS(=O)(=O)N(CCO)C(C)C. The monoisotopic (exact) mass is 225 g/mol. The van der Waals surface area contributed by atoms with E-state index in [2.05, 4.69) is 0 Å². The summed E-state index contributed by atoms with van der Waals surface area (Å²) in [4.78, 5) is 0. The van der Waals surface area contributed by atoms with Crippen molar-refractivity contribution in [1.82, 2.24) is 4.31 Å². The van der Waals surface area contributed by atoms with Gasteiger partial charge in [-0.05, 0) is 13.8 Å². The first-order valence-electron chi connectivity index (χ1n) is 4.55. The average molecular weight is 225 g/mol. The molecule has 0 aromatic rings. The van der Waals surface area contributed by atoms with Gasteiger partial charge in [-0.25, -0.2) is 8.42 Å². The fourth-order valence-electron chi connectivity index (χ4n) is 1.12. The van der Waals surface area contributed by atoms with Crippen LogP contribution in [-0.4, -0.2) is 56.5 Å². The minimum atomic E-state index is -3.30. The van der Waals surface area contributed by atoms with E-state index < -0.39 is 10.0 Å². The summed E-state index contributed by atoms with van der Waals surface area (Å²) in [6.07, 6.45) is 0. The highest BCUT2D eigenvalue weighted by Crippen LogP contribution is 2.06. The smallest absolute Gasteiger partial charge is 0.216 e. The molecule has 6 heteroatoms. The molecule has 0 amide bonds.